The lowest BCUT2D eigenvalue weighted by atomic mass is 9.87. The summed E-state index contributed by atoms with van der Waals surface area (Å²) in [6, 6.07) is 7.41. The largest absolute Gasteiger partial charge is 0.324 e. The number of amides is 1. The number of nitrogens with one attached hydrogen (secondary N) is 2. The van der Waals surface area contributed by atoms with Crippen molar-refractivity contribution in [2.45, 2.75) is 25.3 Å². The van der Waals surface area contributed by atoms with Crippen LogP contribution >= 0.6 is 11.6 Å². The number of halogens is 1. The molecular weight excluding hydrogens is 300 g/mol. The van der Waals surface area contributed by atoms with Gasteiger partial charge in [0, 0.05) is 23.1 Å². The van der Waals surface area contributed by atoms with Crippen molar-refractivity contribution < 1.29 is 4.79 Å². The predicted octanol–water partition coefficient (Wildman–Crippen LogP) is 2.56. The summed E-state index contributed by atoms with van der Waals surface area (Å²) >= 11 is 6.14. The van der Waals surface area contributed by atoms with Gasteiger partial charge in [0.05, 0.1) is 0 Å². The number of hydrogen-bond donors (Lipinski definition) is 2. The number of carbonyl (C=O) groups is 1. The number of carbonyl (C=O) groups excluding carboxylic acids is 1. The summed E-state index contributed by atoms with van der Waals surface area (Å²) in [7, 11) is 0. The zero-order valence-corrected chi connectivity index (χ0v) is 13.2. The molecule has 0 atom stereocenters. The molecular formula is C16H19ClN4O. The van der Waals surface area contributed by atoms with Crippen molar-refractivity contribution in [2.75, 3.05) is 18.4 Å². The maximum absolute atomic E-state index is 12.9. The zero-order valence-electron chi connectivity index (χ0n) is 12.5. The van der Waals surface area contributed by atoms with Crippen molar-refractivity contribution in [3.63, 3.8) is 0 Å². The summed E-state index contributed by atoms with van der Waals surface area (Å²) in [5.41, 5.74) is 1.06. The van der Waals surface area contributed by atoms with Gasteiger partial charge in [-0.1, -0.05) is 17.7 Å². The van der Waals surface area contributed by atoms with Gasteiger partial charge < -0.3 is 10.6 Å². The van der Waals surface area contributed by atoms with Gasteiger partial charge in [-0.3, -0.25) is 9.48 Å². The zero-order chi connectivity index (χ0) is 15.6. The number of hydrogen-bond acceptors (Lipinski definition) is 3. The highest BCUT2D eigenvalue weighted by atomic mass is 35.5. The first-order valence-electron chi connectivity index (χ1n) is 7.40. The molecule has 0 radical (unpaired) electrons. The molecule has 2 heterocycles. The van der Waals surface area contributed by atoms with Gasteiger partial charge in [0.1, 0.15) is 5.54 Å². The molecule has 1 aromatic heterocycles. The van der Waals surface area contributed by atoms with E-state index in [1.807, 2.05) is 31.3 Å². The Hall–Kier alpha value is -1.85. The molecule has 1 fully saturated rings. The first-order chi connectivity index (χ1) is 10.6. The van der Waals surface area contributed by atoms with Gasteiger partial charge >= 0.3 is 0 Å². The third kappa shape index (κ3) is 2.74. The van der Waals surface area contributed by atoms with Crippen molar-refractivity contribution in [3.05, 3.63) is 47.2 Å². The van der Waals surface area contributed by atoms with Crippen LogP contribution in [0.15, 0.2) is 36.7 Å². The van der Waals surface area contributed by atoms with Crippen LogP contribution in [0.2, 0.25) is 5.02 Å². The first kappa shape index (κ1) is 15.1. The fourth-order valence-corrected chi connectivity index (χ4v) is 3.02. The van der Waals surface area contributed by atoms with Crippen molar-refractivity contribution in [2.24, 2.45) is 0 Å². The molecule has 2 N–H and O–H groups in total. The Kier molecular flexibility index (Phi) is 4.18. The second-order valence-electron chi connectivity index (χ2n) is 5.65. The lowest BCUT2D eigenvalue weighted by molar-refractivity contribution is -0.126. The Balaban J connectivity index is 1.88. The fourth-order valence-electron chi connectivity index (χ4n) is 2.84. The number of aromatic nitrogens is 2. The maximum Gasteiger partial charge on any atom is 0.252 e. The number of aryl methyl sites for hydroxylation is 1. The molecule has 0 saturated carbocycles. The smallest absolute Gasteiger partial charge is 0.252 e. The number of piperidine rings is 1. The van der Waals surface area contributed by atoms with Gasteiger partial charge in [0.15, 0.2) is 0 Å². The summed E-state index contributed by atoms with van der Waals surface area (Å²) in [4.78, 5) is 12.9. The molecule has 2 aromatic rings. The van der Waals surface area contributed by atoms with Gasteiger partial charge in [-0.15, -0.1) is 0 Å². The van der Waals surface area contributed by atoms with E-state index in [4.69, 9.17) is 11.6 Å². The predicted molar refractivity (Wildman–Crippen MR) is 87.1 cm³/mol. The second-order valence-corrected chi connectivity index (χ2v) is 6.06. The molecule has 1 amide bonds. The molecule has 0 spiro atoms. The molecule has 22 heavy (non-hydrogen) atoms. The molecule has 1 aliphatic heterocycles. The highest BCUT2D eigenvalue weighted by Crippen LogP contribution is 2.29. The van der Waals surface area contributed by atoms with Crippen LogP contribution in [0, 0.1) is 6.92 Å². The maximum atomic E-state index is 12.9. The van der Waals surface area contributed by atoms with Crippen LogP contribution in [0.25, 0.3) is 0 Å². The van der Waals surface area contributed by atoms with Gasteiger partial charge in [-0.2, -0.15) is 5.10 Å². The van der Waals surface area contributed by atoms with Crippen molar-refractivity contribution in [1.29, 1.82) is 0 Å². The van der Waals surface area contributed by atoms with Crippen molar-refractivity contribution in [1.82, 2.24) is 15.1 Å². The molecule has 1 aromatic carbocycles. The van der Waals surface area contributed by atoms with E-state index in [0.29, 0.717) is 23.6 Å². The molecule has 0 bridgehead atoms. The van der Waals surface area contributed by atoms with Crippen LogP contribution in [0.1, 0.15) is 18.4 Å². The average molecular weight is 319 g/mol. The standard InChI is InChI=1S/C16H19ClN4O/c1-12-3-4-13(11-14(12)17)20-15(22)16(5-8-18-9-6-16)21-10-2-7-19-21/h2-4,7,10-11,18H,5-6,8-9H2,1H3,(H,20,22). The van der Waals surface area contributed by atoms with Gasteiger partial charge in [-0.05, 0) is 56.6 Å². The topological polar surface area (TPSA) is 59.0 Å². The molecule has 116 valence electrons. The lowest BCUT2D eigenvalue weighted by Gasteiger charge is -2.36. The van der Waals surface area contributed by atoms with E-state index in [2.05, 4.69) is 15.7 Å². The van der Waals surface area contributed by atoms with E-state index in [0.717, 1.165) is 18.7 Å². The normalized spacial score (nSPS) is 17.2. The minimum atomic E-state index is -0.647. The lowest BCUT2D eigenvalue weighted by Crippen LogP contribution is -2.52. The molecule has 1 aliphatic rings. The van der Waals surface area contributed by atoms with E-state index >= 15 is 0 Å². The van der Waals surface area contributed by atoms with Crippen LogP contribution in [-0.2, 0) is 10.3 Å². The highest BCUT2D eigenvalue weighted by molar-refractivity contribution is 6.31. The van der Waals surface area contributed by atoms with Crippen LogP contribution < -0.4 is 10.6 Å². The SMILES string of the molecule is Cc1ccc(NC(=O)C2(n3cccn3)CCNCC2)cc1Cl. The highest BCUT2D eigenvalue weighted by Gasteiger charge is 2.42. The first-order valence-corrected chi connectivity index (χ1v) is 7.78. The number of rotatable bonds is 3. The van der Waals surface area contributed by atoms with Crippen LogP contribution in [0.3, 0.4) is 0 Å². The van der Waals surface area contributed by atoms with Crippen molar-refractivity contribution >= 4 is 23.2 Å². The van der Waals surface area contributed by atoms with E-state index in [1.165, 1.54) is 0 Å². The Labute approximate surface area is 134 Å². The molecule has 5 nitrogen and oxygen atoms in total. The van der Waals surface area contributed by atoms with Gasteiger partial charge in [0.25, 0.3) is 5.91 Å². The molecule has 6 heteroatoms. The third-order valence-corrected chi connectivity index (χ3v) is 4.63. The summed E-state index contributed by atoms with van der Waals surface area (Å²) < 4.78 is 1.78. The van der Waals surface area contributed by atoms with Crippen LogP contribution in [0.4, 0.5) is 5.69 Å². The average Bonchev–Trinajstić information content (AvgIpc) is 3.06. The second kappa shape index (κ2) is 6.10. The summed E-state index contributed by atoms with van der Waals surface area (Å²) in [6.45, 7) is 3.52. The van der Waals surface area contributed by atoms with Gasteiger partial charge in [0.2, 0.25) is 0 Å². The molecule has 0 unspecified atom stereocenters. The molecule has 1 saturated heterocycles. The Morgan fingerprint density at radius 1 is 1.41 bits per heavy atom. The van der Waals surface area contributed by atoms with Crippen LogP contribution in [-0.4, -0.2) is 28.8 Å². The molecule has 0 aliphatic carbocycles. The van der Waals surface area contributed by atoms with E-state index in [9.17, 15) is 4.79 Å². The third-order valence-electron chi connectivity index (χ3n) is 4.23. The quantitative estimate of drug-likeness (QED) is 0.914. The Morgan fingerprint density at radius 3 is 2.82 bits per heavy atom. The van der Waals surface area contributed by atoms with E-state index in [1.54, 1.807) is 16.9 Å². The Bertz CT molecular complexity index is 663. The summed E-state index contributed by atoms with van der Waals surface area (Å²) in [6.07, 6.45) is 4.98. The summed E-state index contributed by atoms with van der Waals surface area (Å²) in [5, 5.41) is 11.2. The van der Waals surface area contributed by atoms with E-state index < -0.39 is 5.54 Å². The number of nitrogens with zero attached hydrogens (tertiary/aromatic N) is 2. The Morgan fingerprint density at radius 2 is 2.18 bits per heavy atom. The van der Waals surface area contributed by atoms with Crippen molar-refractivity contribution in [3.8, 4) is 0 Å². The number of benzene rings is 1. The minimum absolute atomic E-state index is 0.0439. The summed E-state index contributed by atoms with van der Waals surface area (Å²) in [5.74, 6) is -0.0439. The minimum Gasteiger partial charge on any atom is -0.324 e. The number of anilines is 1. The van der Waals surface area contributed by atoms with Gasteiger partial charge in [-0.25, -0.2) is 0 Å². The monoisotopic (exact) mass is 318 g/mol. The fraction of sp³-hybridized carbons (Fsp3) is 0.375. The van der Waals surface area contributed by atoms with E-state index in [-0.39, 0.29) is 5.91 Å². The van der Waals surface area contributed by atoms with Crippen LogP contribution in [0.5, 0.6) is 0 Å². The molecule has 3 rings (SSSR count).